The first-order valence-corrected chi connectivity index (χ1v) is 15.2. The van der Waals surface area contributed by atoms with Gasteiger partial charge in [0.05, 0.1) is 23.7 Å². The molecular formula is C28H30ClN4O6S+. The minimum atomic E-state index is -3.55. The Kier molecular flexibility index (Phi) is 7.56. The fourth-order valence-electron chi connectivity index (χ4n) is 6.05. The highest BCUT2D eigenvalue weighted by Crippen LogP contribution is 2.46. The summed E-state index contributed by atoms with van der Waals surface area (Å²) in [6.45, 7) is 1.13. The van der Waals surface area contributed by atoms with Gasteiger partial charge >= 0.3 is 12.1 Å². The SMILES string of the molecule is C[N+](C(=O)c1ccccc1Cl)(C1CCN(c2ccnc(S(C)(=O)=O)n2)CC1)C1CCc2ccc(OC(=O)O)cc21. The van der Waals surface area contributed by atoms with Gasteiger partial charge in [0, 0.05) is 50.4 Å². The molecule has 210 valence electrons. The van der Waals surface area contributed by atoms with Crippen molar-refractivity contribution in [1.82, 2.24) is 9.97 Å². The fourth-order valence-corrected chi connectivity index (χ4v) is 6.78. The maximum absolute atomic E-state index is 14.4. The van der Waals surface area contributed by atoms with Crippen molar-refractivity contribution in [3.05, 3.63) is 76.4 Å². The zero-order valence-corrected chi connectivity index (χ0v) is 23.7. The Bertz CT molecular complexity index is 1570. The number of piperidine rings is 1. The lowest BCUT2D eigenvalue weighted by molar-refractivity contribution is -0.887. The lowest BCUT2D eigenvalue weighted by atomic mass is 9.93. The molecule has 2 aliphatic rings. The van der Waals surface area contributed by atoms with E-state index in [-0.39, 0.29) is 33.4 Å². The van der Waals surface area contributed by atoms with Gasteiger partial charge < -0.3 is 14.7 Å². The highest BCUT2D eigenvalue weighted by Gasteiger charge is 2.51. The van der Waals surface area contributed by atoms with E-state index >= 15 is 0 Å². The second-order valence-electron chi connectivity index (χ2n) is 10.4. The molecule has 1 N–H and O–H groups in total. The topological polar surface area (TPSA) is 127 Å². The predicted molar refractivity (Wildman–Crippen MR) is 149 cm³/mol. The van der Waals surface area contributed by atoms with Crippen LogP contribution in [0.5, 0.6) is 5.75 Å². The van der Waals surface area contributed by atoms with E-state index in [0.717, 1.165) is 23.8 Å². The maximum atomic E-state index is 14.4. The average molecular weight is 586 g/mol. The van der Waals surface area contributed by atoms with Gasteiger partial charge in [-0.1, -0.05) is 29.8 Å². The summed E-state index contributed by atoms with van der Waals surface area (Å²) in [5.41, 5.74) is 2.40. The van der Waals surface area contributed by atoms with Gasteiger partial charge in [-0.3, -0.25) is 0 Å². The number of benzene rings is 2. The third-order valence-corrected chi connectivity index (χ3v) is 9.24. The molecule has 1 saturated heterocycles. The summed E-state index contributed by atoms with van der Waals surface area (Å²) < 4.78 is 29.0. The van der Waals surface area contributed by atoms with Gasteiger partial charge in [0.15, 0.2) is 0 Å². The van der Waals surface area contributed by atoms with E-state index in [1.807, 2.05) is 18.0 Å². The Morgan fingerprint density at radius 1 is 1.10 bits per heavy atom. The highest BCUT2D eigenvalue weighted by atomic mass is 35.5. The van der Waals surface area contributed by atoms with Crippen molar-refractivity contribution in [2.45, 2.75) is 42.9 Å². The third-order valence-electron chi connectivity index (χ3n) is 8.06. The smallest absolute Gasteiger partial charge is 0.449 e. The number of anilines is 1. The minimum Gasteiger partial charge on any atom is -0.449 e. The third kappa shape index (κ3) is 5.28. The average Bonchev–Trinajstić information content (AvgIpc) is 3.36. The Morgan fingerprint density at radius 3 is 2.50 bits per heavy atom. The molecule has 5 rings (SSSR count). The van der Waals surface area contributed by atoms with Crippen LogP contribution >= 0.6 is 11.6 Å². The molecule has 0 radical (unpaired) electrons. The zero-order chi connectivity index (χ0) is 28.7. The number of aromatic nitrogens is 2. The molecule has 1 amide bonds. The number of nitrogens with zero attached hydrogens (tertiary/aromatic N) is 4. The number of ether oxygens (including phenoxy) is 1. The summed E-state index contributed by atoms with van der Waals surface area (Å²) >= 11 is 6.52. The van der Waals surface area contributed by atoms with E-state index in [1.165, 1.54) is 6.20 Å². The summed E-state index contributed by atoms with van der Waals surface area (Å²) in [5.74, 6) is 0.644. The van der Waals surface area contributed by atoms with Gasteiger partial charge in [-0.25, -0.2) is 32.5 Å². The number of halogens is 1. The number of hydrogen-bond donors (Lipinski definition) is 1. The normalized spacial score (nSPS) is 19.1. The molecule has 2 aromatic carbocycles. The van der Waals surface area contributed by atoms with Crippen LogP contribution in [0.2, 0.25) is 5.02 Å². The summed E-state index contributed by atoms with van der Waals surface area (Å²) in [4.78, 5) is 35.8. The molecule has 40 heavy (non-hydrogen) atoms. The molecule has 2 atom stereocenters. The minimum absolute atomic E-state index is 0.0689. The monoisotopic (exact) mass is 585 g/mol. The molecular weight excluding hydrogens is 556 g/mol. The van der Waals surface area contributed by atoms with Gasteiger partial charge in [0.2, 0.25) is 15.0 Å². The molecule has 1 aromatic heterocycles. The first kappa shape index (κ1) is 28.0. The van der Waals surface area contributed by atoms with Crippen LogP contribution in [0.4, 0.5) is 10.6 Å². The summed E-state index contributed by atoms with van der Waals surface area (Å²) in [7, 11) is -1.60. The molecule has 0 spiro atoms. The number of fused-ring (bicyclic) bond motifs is 1. The van der Waals surface area contributed by atoms with Crippen molar-refractivity contribution >= 4 is 39.3 Å². The van der Waals surface area contributed by atoms with Gasteiger partial charge in [-0.05, 0) is 42.3 Å². The van der Waals surface area contributed by atoms with Gasteiger partial charge in [-0.15, -0.1) is 0 Å². The number of rotatable bonds is 6. The predicted octanol–water partition coefficient (Wildman–Crippen LogP) is 4.53. The zero-order valence-electron chi connectivity index (χ0n) is 22.2. The molecule has 10 nitrogen and oxygen atoms in total. The van der Waals surface area contributed by atoms with E-state index in [0.29, 0.717) is 48.8 Å². The van der Waals surface area contributed by atoms with Crippen molar-refractivity contribution < 1.29 is 32.3 Å². The molecule has 1 fully saturated rings. The van der Waals surface area contributed by atoms with Crippen LogP contribution in [-0.2, 0) is 16.3 Å². The maximum Gasteiger partial charge on any atom is 0.511 e. The first-order chi connectivity index (χ1) is 19.0. The number of carbonyl (C=O) groups excluding carboxylic acids is 1. The van der Waals surface area contributed by atoms with Crippen molar-refractivity contribution in [2.24, 2.45) is 0 Å². The molecule has 12 heteroatoms. The molecule has 2 unspecified atom stereocenters. The highest BCUT2D eigenvalue weighted by molar-refractivity contribution is 7.90. The van der Waals surface area contributed by atoms with Crippen LogP contribution in [-0.4, -0.2) is 72.5 Å². The van der Waals surface area contributed by atoms with Gasteiger partial charge in [0.25, 0.3) is 0 Å². The Hall–Kier alpha value is -3.54. The molecule has 0 bridgehead atoms. The van der Waals surface area contributed by atoms with E-state index < -0.39 is 16.0 Å². The summed E-state index contributed by atoms with van der Waals surface area (Å²) in [5, 5.41) is 9.31. The number of aryl methyl sites for hydroxylation is 1. The first-order valence-electron chi connectivity index (χ1n) is 13.0. The number of hydrogen-bond acceptors (Lipinski definition) is 8. The number of carboxylic acid groups (broad SMARTS) is 1. The van der Waals surface area contributed by atoms with Crippen LogP contribution in [0.3, 0.4) is 0 Å². The lowest BCUT2D eigenvalue weighted by Crippen LogP contribution is -2.60. The van der Waals surface area contributed by atoms with E-state index in [1.54, 1.807) is 42.5 Å². The van der Waals surface area contributed by atoms with Crippen LogP contribution < -0.4 is 9.64 Å². The Labute approximate surface area is 237 Å². The van der Waals surface area contributed by atoms with E-state index in [4.69, 9.17) is 21.4 Å². The second kappa shape index (κ2) is 10.8. The van der Waals surface area contributed by atoms with Crippen molar-refractivity contribution in [3.8, 4) is 5.75 Å². The molecule has 3 aromatic rings. The van der Waals surface area contributed by atoms with Gasteiger partial charge in [0.1, 0.15) is 17.6 Å². The standard InChI is InChI=1S/C28H29ClN4O6S/c1-33(26(34)21-5-3-4-6-23(21)29,24-10-8-18-7-9-20(17-22(18)24)39-28(35)36)19-12-15-32(16-13-19)25-11-14-30-27(31-25)40(2,37)38/h3-7,9,11,14,17,19,24H,8,10,12-13,15-16H2,1-2H3/p+1. The molecule has 2 heterocycles. The van der Waals surface area contributed by atoms with Crippen molar-refractivity contribution in [1.29, 1.82) is 0 Å². The number of amides is 1. The number of quaternary nitrogens is 1. The van der Waals surface area contributed by atoms with Crippen molar-refractivity contribution in [2.75, 3.05) is 31.3 Å². The fraction of sp³-hybridized carbons (Fsp3) is 0.357. The Morgan fingerprint density at radius 2 is 1.82 bits per heavy atom. The largest absolute Gasteiger partial charge is 0.511 e. The van der Waals surface area contributed by atoms with Gasteiger partial charge in [-0.2, -0.15) is 0 Å². The van der Waals surface area contributed by atoms with Crippen LogP contribution in [0, 0.1) is 0 Å². The summed E-state index contributed by atoms with van der Waals surface area (Å²) in [6, 6.07) is 13.6. The molecule has 0 saturated carbocycles. The van der Waals surface area contributed by atoms with E-state index in [2.05, 4.69) is 9.97 Å². The second-order valence-corrected chi connectivity index (χ2v) is 12.7. The lowest BCUT2D eigenvalue weighted by Gasteiger charge is -2.47. The number of sulfone groups is 1. The number of carbonyl (C=O) groups is 2. The van der Waals surface area contributed by atoms with E-state index in [9.17, 15) is 18.0 Å². The quantitative estimate of drug-likeness (QED) is 0.192. The molecule has 1 aliphatic carbocycles. The van der Waals surface area contributed by atoms with Crippen LogP contribution in [0.15, 0.2) is 59.9 Å². The van der Waals surface area contributed by atoms with Crippen molar-refractivity contribution in [3.63, 3.8) is 0 Å². The van der Waals surface area contributed by atoms with Crippen LogP contribution in [0.1, 0.15) is 46.8 Å². The summed E-state index contributed by atoms with van der Waals surface area (Å²) in [6.07, 6.45) is 3.87. The Balaban J connectivity index is 1.49. The van der Waals surface area contributed by atoms with Crippen LogP contribution in [0.25, 0.3) is 0 Å². The molecule has 1 aliphatic heterocycles.